The standard InChI is InChI=1S/C18H36N4O.HI/c1-5-19-18(21-16(4)11-9-10-15(2)3)20-14-17(23)22-12-7-6-8-13-22;/h15-16H,5-14H2,1-4H3,(H2,19,20,21);1H. The van der Waals surface area contributed by atoms with Crippen LogP contribution >= 0.6 is 24.0 Å². The number of rotatable bonds is 8. The Bertz CT molecular complexity index is 368. The van der Waals surface area contributed by atoms with Crippen LogP contribution in [-0.2, 0) is 4.79 Å². The van der Waals surface area contributed by atoms with Crippen molar-refractivity contribution in [3.63, 3.8) is 0 Å². The van der Waals surface area contributed by atoms with Gasteiger partial charge in [-0.25, -0.2) is 4.99 Å². The molecule has 2 N–H and O–H groups in total. The number of amides is 1. The number of nitrogens with zero attached hydrogens (tertiary/aromatic N) is 2. The summed E-state index contributed by atoms with van der Waals surface area (Å²) in [7, 11) is 0. The van der Waals surface area contributed by atoms with Crippen LogP contribution in [0.15, 0.2) is 4.99 Å². The molecule has 24 heavy (non-hydrogen) atoms. The molecule has 1 fully saturated rings. The molecule has 0 aromatic carbocycles. The molecule has 0 aliphatic carbocycles. The molecule has 142 valence electrons. The molecule has 1 heterocycles. The van der Waals surface area contributed by atoms with Crippen LogP contribution < -0.4 is 10.6 Å². The zero-order chi connectivity index (χ0) is 17.1. The Labute approximate surface area is 165 Å². The third-order valence-corrected chi connectivity index (χ3v) is 4.23. The van der Waals surface area contributed by atoms with E-state index in [0.717, 1.165) is 50.8 Å². The van der Waals surface area contributed by atoms with E-state index in [1.54, 1.807) is 0 Å². The van der Waals surface area contributed by atoms with Crippen molar-refractivity contribution in [2.24, 2.45) is 10.9 Å². The second-order valence-electron chi connectivity index (χ2n) is 7.01. The fourth-order valence-corrected chi connectivity index (χ4v) is 2.85. The molecule has 1 aliphatic heterocycles. The first-order valence-electron chi connectivity index (χ1n) is 9.35. The van der Waals surface area contributed by atoms with Crippen LogP contribution in [0.5, 0.6) is 0 Å². The quantitative estimate of drug-likeness (QED) is 0.337. The number of guanidine groups is 1. The second kappa shape index (κ2) is 13.7. The summed E-state index contributed by atoms with van der Waals surface area (Å²) in [5, 5.41) is 6.66. The first kappa shape index (κ1) is 23.5. The van der Waals surface area contributed by atoms with Gasteiger partial charge in [-0.15, -0.1) is 24.0 Å². The maximum absolute atomic E-state index is 12.2. The van der Waals surface area contributed by atoms with Crippen LogP contribution in [0.1, 0.15) is 66.2 Å². The number of halogens is 1. The molecule has 1 aliphatic rings. The number of piperidine rings is 1. The first-order chi connectivity index (χ1) is 11.0. The van der Waals surface area contributed by atoms with Gasteiger partial charge in [0, 0.05) is 25.7 Å². The zero-order valence-corrected chi connectivity index (χ0v) is 18.3. The van der Waals surface area contributed by atoms with Gasteiger partial charge in [0.1, 0.15) is 6.54 Å². The van der Waals surface area contributed by atoms with Crippen LogP contribution in [0.25, 0.3) is 0 Å². The van der Waals surface area contributed by atoms with E-state index in [9.17, 15) is 4.79 Å². The van der Waals surface area contributed by atoms with Crippen molar-refractivity contribution >= 4 is 35.8 Å². The Hall–Kier alpha value is -0.530. The van der Waals surface area contributed by atoms with Crippen LogP contribution in [0.4, 0.5) is 0 Å². The Kier molecular flexibility index (Phi) is 13.4. The van der Waals surface area contributed by atoms with Crippen LogP contribution in [-0.4, -0.2) is 49.0 Å². The van der Waals surface area contributed by atoms with E-state index < -0.39 is 0 Å². The van der Waals surface area contributed by atoms with Crippen molar-refractivity contribution in [1.29, 1.82) is 0 Å². The molecule has 0 aromatic rings. The maximum atomic E-state index is 12.2. The predicted molar refractivity (Wildman–Crippen MR) is 113 cm³/mol. The van der Waals surface area contributed by atoms with Crippen molar-refractivity contribution in [3.05, 3.63) is 0 Å². The molecule has 0 saturated carbocycles. The van der Waals surface area contributed by atoms with Gasteiger partial charge in [-0.1, -0.05) is 26.7 Å². The largest absolute Gasteiger partial charge is 0.357 e. The summed E-state index contributed by atoms with van der Waals surface area (Å²) in [4.78, 5) is 18.6. The summed E-state index contributed by atoms with van der Waals surface area (Å²) in [6.07, 6.45) is 7.10. The molecular formula is C18H37IN4O. The van der Waals surface area contributed by atoms with Gasteiger partial charge in [0.15, 0.2) is 5.96 Å². The van der Waals surface area contributed by atoms with E-state index in [1.807, 2.05) is 11.8 Å². The van der Waals surface area contributed by atoms with E-state index in [0.29, 0.717) is 6.04 Å². The lowest BCUT2D eigenvalue weighted by Crippen LogP contribution is -2.43. The van der Waals surface area contributed by atoms with E-state index in [-0.39, 0.29) is 36.4 Å². The fourth-order valence-electron chi connectivity index (χ4n) is 2.85. The zero-order valence-electron chi connectivity index (χ0n) is 15.9. The number of hydrogen-bond donors (Lipinski definition) is 2. The van der Waals surface area contributed by atoms with Crippen LogP contribution in [0.2, 0.25) is 0 Å². The van der Waals surface area contributed by atoms with Gasteiger partial charge >= 0.3 is 0 Å². The number of carbonyl (C=O) groups excluding carboxylic acids is 1. The van der Waals surface area contributed by atoms with Gasteiger partial charge in [-0.2, -0.15) is 0 Å². The molecule has 1 atom stereocenters. The van der Waals surface area contributed by atoms with Crippen LogP contribution in [0.3, 0.4) is 0 Å². The number of aliphatic imine (C=N–C) groups is 1. The molecule has 0 spiro atoms. The van der Waals surface area contributed by atoms with E-state index in [4.69, 9.17) is 0 Å². The minimum atomic E-state index is 0. The molecule has 5 nitrogen and oxygen atoms in total. The topological polar surface area (TPSA) is 56.7 Å². The summed E-state index contributed by atoms with van der Waals surface area (Å²) < 4.78 is 0. The number of hydrogen-bond acceptors (Lipinski definition) is 2. The number of likely N-dealkylation sites (tertiary alicyclic amines) is 1. The first-order valence-corrected chi connectivity index (χ1v) is 9.35. The maximum Gasteiger partial charge on any atom is 0.244 e. The van der Waals surface area contributed by atoms with Crippen molar-refractivity contribution in [2.75, 3.05) is 26.2 Å². The Morgan fingerprint density at radius 2 is 1.79 bits per heavy atom. The molecule has 1 saturated heterocycles. The smallest absolute Gasteiger partial charge is 0.244 e. The lowest BCUT2D eigenvalue weighted by atomic mass is 10.0. The van der Waals surface area contributed by atoms with Crippen molar-refractivity contribution in [2.45, 2.75) is 72.3 Å². The molecule has 0 radical (unpaired) electrons. The molecule has 1 amide bonds. The van der Waals surface area contributed by atoms with E-state index in [1.165, 1.54) is 19.3 Å². The highest BCUT2D eigenvalue weighted by Crippen LogP contribution is 2.09. The monoisotopic (exact) mass is 452 g/mol. The van der Waals surface area contributed by atoms with Gasteiger partial charge < -0.3 is 15.5 Å². The minimum Gasteiger partial charge on any atom is -0.357 e. The highest BCUT2D eigenvalue weighted by molar-refractivity contribution is 14.0. The van der Waals surface area contributed by atoms with Gasteiger partial charge in [0.2, 0.25) is 5.91 Å². The molecular weight excluding hydrogens is 415 g/mol. The molecule has 0 bridgehead atoms. The Morgan fingerprint density at radius 1 is 1.12 bits per heavy atom. The van der Waals surface area contributed by atoms with Gasteiger partial charge in [0.05, 0.1) is 0 Å². The number of nitrogens with one attached hydrogen (secondary N) is 2. The normalized spacial score (nSPS) is 16.5. The van der Waals surface area contributed by atoms with E-state index >= 15 is 0 Å². The molecule has 1 unspecified atom stereocenters. The summed E-state index contributed by atoms with van der Waals surface area (Å²) in [5.41, 5.74) is 0. The highest BCUT2D eigenvalue weighted by Gasteiger charge is 2.16. The average Bonchev–Trinajstić information content (AvgIpc) is 2.53. The van der Waals surface area contributed by atoms with Gasteiger partial charge in [-0.05, 0) is 45.4 Å². The van der Waals surface area contributed by atoms with Crippen molar-refractivity contribution in [1.82, 2.24) is 15.5 Å². The lowest BCUT2D eigenvalue weighted by Gasteiger charge is -2.26. The number of carbonyl (C=O) groups is 1. The summed E-state index contributed by atoms with van der Waals surface area (Å²) >= 11 is 0. The van der Waals surface area contributed by atoms with E-state index in [2.05, 4.69) is 36.4 Å². The summed E-state index contributed by atoms with van der Waals surface area (Å²) in [6.45, 7) is 11.6. The summed E-state index contributed by atoms with van der Waals surface area (Å²) in [6, 6.07) is 0.372. The highest BCUT2D eigenvalue weighted by atomic mass is 127. The minimum absolute atomic E-state index is 0. The van der Waals surface area contributed by atoms with Crippen molar-refractivity contribution < 1.29 is 4.79 Å². The third-order valence-electron chi connectivity index (χ3n) is 4.23. The molecule has 1 rings (SSSR count). The Morgan fingerprint density at radius 3 is 2.38 bits per heavy atom. The summed E-state index contributed by atoms with van der Waals surface area (Å²) in [5.74, 6) is 1.66. The fraction of sp³-hybridized carbons (Fsp3) is 0.889. The molecule has 6 heteroatoms. The van der Waals surface area contributed by atoms with Crippen molar-refractivity contribution in [3.8, 4) is 0 Å². The lowest BCUT2D eigenvalue weighted by molar-refractivity contribution is -0.130. The molecule has 0 aromatic heterocycles. The van der Waals surface area contributed by atoms with Crippen LogP contribution in [0, 0.1) is 5.92 Å². The second-order valence-corrected chi connectivity index (χ2v) is 7.01. The average molecular weight is 452 g/mol. The SMILES string of the molecule is CCNC(=NCC(=O)N1CCCCC1)NC(C)CCCC(C)C.I. The van der Waals surface area contributed by atoms with Gasteiger partial charge in [0.25, 0.3) is 0 Å². The van der Waals surface area contributed by atoms with Gasteiger partial charge in [-0.3, -0.25) is 4.79 Å². The Balaban J connectivity index is 0.00000529. The predicted octanol–water partition coefficient (Wildman–Crippen LogP) is 3.39. The third kappa shape index (κ3) is 10.4.